The second kappa shape index (κ2) is 3.25. The normalized spacial score (nSPS) is 8.89. The van der Waals surface area contributed by atoms with Crippen LogP contribution in [0, 0.1) is 0 Å². The van der Waals surface area contributed by atoms with Crippen LogP contribution in [0.1, 0.15) is 0 Å². The van der Waals surface area contributed by atoms with E-state index in [1.807, 2.05) is 17.5 Å². The van der Waals surface area contributed by atoms with Crippen LogP contribution in [0.5, 0.6) is 0 Å². The van der Waals surface area contributed by atoms with Gasteiger partial charge >= 0.3 is 0 Å². The average Bonchev–Trinajstić information content (AvgIpc) is 2.34. The number of hydrogen-bond donors (Lipinski definition) is 1. The van der Waals surface area contributed by atoms with E-state index in [9.17, 15) is 4.79 Å². The fourth-order valence-corrected chi connectivity index (χ4v) is 1.12. The fourth-order valence-electron chi connectivity index (χ4n) is 0.502. The molecule has 3 heteroatoms. The maximum absolute atomic E-state index is 9.72. The first-order chi connectivity index (χ1) is 4.43. The molecule has 0 aliphatic heterocycles. The standard InChI is InChI=1S/C6H6NOS/c8-4-3-7-6-2-1-5-9-6/h1-2,5,7H,3H2. The Morgan fingerprint density at radius 2 is 2.67 bits per heavy atom. The van der Waals surface area contributed by atoms with Gasteiger partial charge < -0.3 is 5.32 Å². The molecule has 1 rings (SSSR count). The highest BCUT2D eigenvalue weighted by atomic mass is 32.1. The Labute approximate surface area is 57.5 Å². The van der Waals surface area contributed by atoms with Gasteiger partial charge in [0.25, 0.3) is 0 Å². The van der Waals surface area contributed by atoms with Crippen molar-refractivity contribution in [2.45, 2.75) is 0 Å². The summed E-state index contributed by atoms with van der Waals surface area (Å²) < 4.78 is 0. The molecule has 2 nitrogen and oxygen atoms in total. The lowest BCUT2D eigenvalue weighted by Gasteiger charge is -1.92. The summed E-state index contributed by atoms with van der Waals surface area (Å²) in [6.45, 7) is 0.278. The van der Waals surface area contributed by atoms with Gasteiger partial charge in [-0.3, -0.25) is 4.79 Å². The Balaban J connectivity index is 2.38. The lowest BCUT2D eigenvalue weighted by molar-refractivity contribution is 0.557. The Morgan fingerprint density at radius 3 is 3.22 bits per heavy atom. The van der Waals surface area contributed by atoms with Crippen LogP contribution in [0.25, 0.3) is 0 Å². The molecule has 1 N–H and O–H groups in total. The summed E-state index contributed by atoms with van der Waals surface area (Å²) in [6.07, 6.45) is 1.75. The second-order valence-corrected chi connectivity index (χ2v) is 2.42. The molecule has 1 aromatic rings. The molecule has 9 heavy (non-hydrogen) atoms. The molecule has 0 aliphatic rings. The maximum atomic E-state index is 9.72. The largest absolute Gasteiger partial charge is 0.369 e. The predicted molar refractivity (Wildman–Crippen MR) is 38.5 cm³/mol. The summed E-state index contributed by atoms with van der Waals surface area (Å²) in [5.74, 6) is 0. The first-order valence-corrected chi connectivity index (χ1v) is 3.44. The molecule has 1 aromatic heterocycles. The smallest absolute Gasteiger partial charge is 0.219 e. The van der Waals surface area contributed by atoms with E-state index in [1.54, 1.807) is 17.6 Å². The van der Waals surface area contributed by atoms with Crippen molar-refractivity contribution < 1.29 is 4.79 Å². The number of rotatable bonds is 3. The van der Waals surface area contributed by atoms with E-state index < -0.39 is 0 Å². The monoisotopic (exact) mass is 140 g/mol. The van der Waals surface area contributed by atoms with Crippen molar-refractivity contribution in [3.05, 3.63) is 17.5 Å². The highest BCUT2D eigenvalue weighted by Crippen LogP contribution is 2.13. The molecular formula is C6H6NOS. The molecule has 47 valence electrons. The van der Waals surface area contributed by atoms with Gasteiger partial charge in [0.15, 0.2) is 0 Å². The summed E-state index contributed by atoms with van der Waals surface area (Å²) in [4.78, 5) is 9.72. The molecule has 1 heterocycles. The highest BCUT2D eigenvalue weighted by molar-refractivity contribution is 7.14. The van der Waals surface area contributed by atoms with Crippen LogP contribution in [0.2, 0.25) is 0 Å². The van der Waals surface area contributed by atoms with E-state index in [0.717, 1.165) is 5.00 Å². The molecule has 0 saturated heterocycles. The van der Waals surface area contributed by atoms with Crippen molar-refractivity contribution in [3.8, 4) is 0 Å². The number of thiophene rings is 1. The van der Waals surface area contributed by atoms with Crippen LogP contribution in [-0.4, -0.2) is 12.8 Å². The van der Waals surface area contributed by atoms with Gasteiger partial charge in [0.2, 0.25) is 6.29 Å². The van der Waals surface area contributed by atoms with E-state index >= 15 is 0 Å². The van der Waals surface area contributed by atoms with Gasteiger partial charge in [-0.25, -0.2) is 0 Å². The Bertz CT molecular complexity index is 171. The first kappa shape index (κ1) is 6.29. The quantitative estimate of drug-likeness (QED) is 0.685. The number of nitrogens with one attached hydrogen (secondary N) is 1. The molecule has 0 aromatic carbocycles. The van der Waals surface area contributed by atoms with Gasteiger partial charge in [-0.1, -0.05) is 0 Å². The molecule has 0 fully saturated rings. The minimum atomic E-state index is 0.278. The summed E-state index contributed by atoms with van der Waals surface area (Å²) in [6, 6.07) is 3.85. The van der Waals surface area contributed by atoms with Crippen molar-refractivity contribution in [1.82, 2.24) is 0 Å². The molecular weight excluding hydrogens is 134 g/mol. The third-order valence-corrected chi connectivity index (χ3v) is 1.68. The molecule has 0 atom stereocenters. The molecule has 0 aliphatic carbocycles. The third kappa shape index (κ3) is 1.85. The van der Waals surface area contributed by atoms with Gasteiger partial charge in [-0.15, -0.1) is 11.3 Å². The summed E-state index contributed by atoms with van der Waals surface area (Å²) in [7, 11) is 0. The number of carbonyl (C=O) groups excluding carboxylic acids is 1. The summed E-state index contributed by atoms with van der Waals surface area (Å²) in [5, 5.41) is 5.83. The van der Waals surface area contributed by atoms with Crippen molar-refractivity contribution in [1.29, 1.82) is 0 Å². The van der Waals surface area contributed by atoms with E-state index in [1.165, 1.54) is 0 Å². The molecule has 0 unspecified atom stereocenters. The maximum Gasteiger partial charge on any atom is 0.219 e. The SMILES string of the molecule is O=[C]CNc1cccs1. The first-order valence-electron chi connectivity index (χ1n) is 2.56. The van der Waals surface area contributed by atoms with Gasteiger partial charge in [0, 0.05) is 0 Å². The summed E-state index contributed by atoms with van der Waals surface area (Å²) in [5.41, 5.74) is 0. The zero-order chi connectivity index (χ0) is 6.53. The molecule has 0 spiro atoms. The van der Waals surface area contributed by atoms with Crippen molar-refractivity contribution in [2.24, 2.45) is 0 Å². The van der Waals surface area contributed by atoms with Gasteiger partial charge in [-0.05, 0) is 17.5 Å². The average molecular weight is 140 g/mol. The minimum Gasteiger partial charge on any atom is -0.369 e. The second-order valence-electron chi connectivity index (χ2n) is 1.48. The van der Waals surface area contributed by atoms with Crippen molar-refractivity contribution in [3.63, 3.8) is 0 Å². The van der Waals surface area contributed by atoms with Crippen LogP contribution < -0.4 is 5.32 Å². The molecule has 0 bridgehead atoms. The van der Waals surface area contributed by atoms with Crippen molar-refractivity contribution in [2.75, 3.05) is 11.9 Å². The Kier molecular flexibility index (Phi) is 2.27. The van der Waals surface area contributed by atoms with Crippen LogP contribution >= 0.6 is 11.3 Å². The van der Waals surface area contributed by atoms with E-state index in [-0.39, 0.29) is 6.54 Å². The number of anilines is 1. The van der Waals surface area contributed by atoms with Crippen LogP contribution in [0.15, 0.2) is 17.5 Å². The van der Waals surface area contributed by atoms with Crippen LogP contribution in [0.4, 0.5) is 5.00 Å². The lowest BCUT2D eigenvalue weighted by atomic mass is 10.6. The molecule has 1 radical (unpaired) electrons. The zero-order valence-corrected chi connectivity index (χ0v) is 5.57. The minimum absolute atomic E-state index is 0.278. The molecule has 0 saturated carbocycles. The summed E-state index contributed by atoms with van der Waals surface area (Å²) >= 11 is 1.57. The molecule has 0 amide bonds. The highest BCUT2D eigenvalue weighted by Gasteiger charge is 1.87. The van der Waals surface area contributed by atoms with Crippen molar-refractivity contribution >= 4 is 22.6 Å². The topological polar surface area (TPSA) is 29.1 Å². The van der Waals surface area contributed by atoms with Crippen LogP contribution in [-0.2, 0) is 4.79 Å². The van der Waals surface area contributed by atoms with E-state index in [4.69, 9.17) is 0 Å². The lowest BCUT2D eigenvalue weighted by Crippen LogP contribution is -1.99. The third-order valence-electron chi connectivity index (χ3n) is 0.856. The Morgan fingerprint density at radius 1 is 1.78 bits per heavy atom. The predicted octanol–water partition coefficient (Wildman–Crippen LogP) is 1.27. The fraction of sp³-hybridized carbons (Fsp3) is 0.167. The van der Waals surface area contributed by atoms with Gasteiger partial charge in [0.05, 0.1) is 11.5 Å². The van der Waals surface area contributed by atoms with Gasteiger partial charge in [0.1, 0.15) is 0 Å². The van der Waals surface area contributed by atoms with Gasteiger partial charge in [-0.2, -0.15) is 0 Å². The number of hydrogen-bond acceptors (Lipinski definition) is 3. The zero-order valence-electron chi connectivity index (χ0n) is 4.76. The van der Waals surface area contributed by atoms with Crippen LogP contribution in [0.3, 0.4) is 0 Å². The van der Waals surface area contributed by atoms with E-state index in [0.29, 0.717) is 0 Å². The van der Waals surface area contributed by atoms with E-state index in [2.05, 4.69) is 5.32 Å². The Hall–Kier alpha value is -0.830.